The summed E-state index contributed by atoms with van der Waals surface area (Å²) in [6.45, 7) is 0.652. The lowest BCUT2D eigenvalue weighted by Gasteiger charge is -2.13. The van der Waals surface area contributed by atoms with Crippen LogP contribution in [-0.2, 0) is 4.84 Å². The van der Waals surface area contributed by atoms with Gasteiger partial charge < -0.3 is 9.57 Å². The first-order chi connectivity index (χ1) is 7.77. The van der Waals surface area contributed by atoms with Crippen LogP contribution in [-0.4, -0.2) is 25.7 Å². The number of hydrogen-bond acceptors (Lipinski definition) is 4. The molecule has 16 heavy (non-hydrogen) atoms. The molecule has 0 aliphatic carbocycles. The maximum atomic E-state index is 5.43. The van der Waals surface area contributed by atoms with E-state index in [1.165, 1.54) is 0 Å². The Morgan fingerprint density at radius 3 is 2.88 bits per heavy atom. The molecule has 2 rings (SSSR count). The third-order valence-corrected chi connectivity index (χ3v) is 3.79. The second kappa shape index (κ2) is 5.10. The number of benzene rings is 1. The molecule has 0 bridgehead atoms. The molecule has 1 aliphatic heterocycles. The molecule has 0 unspecified atom stereocenters. The van der Waals surface area contributed by atoms with Crippen molar-refractivity contribution in [3.63, 3.8) is 0 Å². The minimum atomic E-state index is 0.652. The predicted octanol–water partition coefficient (Wildman–Crippen LogP) is 3.30. The van der Waals surface area contributed by atoms with Crippen LogP contribution >= 0.6 is 27.7 Å². The number of rotatable bonds is 3. The van der Waals surface area contributed by atoms with E-state index in [0.717, 1.165) is 32.8 Å². The number of halogens is 1. The van der Waals surface area contributed by atoms with Gasteiger partial charge in [0.1, 0.15) is 12.4 Å². The summed E-state index contributed by atoms with van der Waals surface area (Å²) in [5.41, 5.74) is 2.00. The third-order valence-electron chi connectivity index (χ3n) is 2.39. The fraction of sp³-hybridized carbons (Fsp3) is 0.364. The summed E-state index contributed by atoms with van der Waals surface area (Å²) >= 11 is 5.17. The topological polar surface area (TPSA) is 30.8 Å². The van der Waals surface area contributed by atoms with Crippen LogP contribution in [0, 0.1) is 0 Å². The van der Waals surface area contributed by atoms with Crippen molar-refractivity contribution in [2.45, 2.75) is 11.3 Å². The molecule has 1 heterocycles. The van der Waals surface area contributed by atoms with Crippen LogP contribution in [0.15, 0.2) is 26.7 Å². The number of thioether (sulfide) groups is 1. The molecule has 0 atom stereocenters. The Hall–Kier alpha value is -0.680. The van der Waals surface area contributed by atoms with E-state index in [0.29, 0.717) is 6.61 Å². The predicted molar refractivity (Wildman–Crippen MR) is 69.6 cm³/mol. The van der Waals surface area contributed by atoms with Gasteiger partial charge in [0.25, 0.3) is 0 Å². The Balaban J connectivity index is 2.58. The molecule has 0 saturated carbocycles. The lowest BCUT2D eigenvalue weighted by Crippen LogP contribution is -2.04. The van der Waals surface area contributed by atoms with E-state index in [9.17, 15) is 0 Å². The largest absolute Gasteiger partial charge is 0.495 e. The Morgan fingerprint density at radius 2 is 2.31 bits per heavy atom. The fourth-order valence-corrected chi connectivity index (χ4v) is 2.78. The zero-order valence-electron chi connectivity index (χ0n) is 9.12. The van der Waals surface area contributed by atoms with Crippen LogP contribution < -0.4 is 4.74 Å². The Kier molecular flexibility index (Phi) is 3.76. The van der Waals surface area contributed by atoms with Crippen molar-refractivity contribution in [1.82, 2.24) is 0 Å². The molecule has 1 aromatic rings. The van der Waals surface area contributed by atoms with Crippen LogP contribution in [0.25, 0.3) is 0 Å². The Labute approximate surface area is 107 Å². The molecular formula is C11H12BrNO2S. The van der Waals surface area contributed by atoms with Crippen molar-refractivity contribution in [3.05, 3.63) is 22.2 Å². The van der Waals surface area contributed by atoms with E-state index in [4.69, 9.17) is 9.57 Å². The highest BCUT2D eigenvalue weighted by Crippen LogP contribution is 2.37. The lowest BCUT2D eigenvalue weighted by molar-refractivity contribution is 0.174. The zero-order valence-corrected chi connectivity index (χ0v) is 11.5. The van der Waals surface area contributed by atoms with Crippen molar-refractivity contribution in [2.75, 3.05) is 20.0 Å². The number of methoxy groups -OCH3 is 1. The van der Waals surface area contributed by atoms with Crippen LogP contribution in [0.2, 0.25) is 0 Å². The average molecular weight is 302 g/mol. The summed E-state index contributed by atoms with van der Waals surface area (Å²) in [4.78, 5) is 6.21. The first-order valence-electron chi connectivity index (χ1n) is 4.87. The Morgan fingerprint density at radius 1 is 1.50 bits per heavy atom. The highest BCUT2D eigenvalue weighted by Gasteiger charge is 2.21. The van der Waals surface area contributed by atoms with Crippen LogP contribution in [0.1, 0.15) is 12.0 Å². The highest BCUT2D eigenvalue weighted by molar-refractivity contribution is 9.10. The van der Waals surface area contributed by atoms with E-state index in [1.807, 2.05) is 12.3 Å². The van der Waals surface area contributed by atoms with E-state index in [1.54, 1.807) is 18.9 Å². The third kappa shape index (κ3) is 2.06. The summed E-state index contributed by atoms with van der Waals surface area (Å²) in [5.74, 6) is 0.830. The van der Waals surface area contributed by atoms with Gasteiger partial charge >= 0.3 is 0 Å². The molecule has 0 aromatic heterocycles. The summed E-state index contributed by atoms with van der Waals surface area (Å²) < 4.78 is 6.38. The van der Waals surface area contributed by atoms with Gasteiger partial charge in [0.05, 0.1) is 22.9 Å². The van der Waals surface area contributed by atoms with E-state index < -0.39 is 0 Å². The zero-order chi connectivity index (χ0) is 11.5. The molecule has 1 aromatic carbocycles. The minimum absolute atomic E-state index is 0.652. The van der Waals surface area contributed by atoms with Crippen LogP contribution in [0.3, 0.4) is 0 Å². The van der Waals surface area contributed by atoms with E-state index in [2.05, 4.69) is 27.2 Å². The van der Waals surface area contributed by atoms with Gasteiger partial charge in [-0.3, -0.25) is 0 Å². The van der Waals surface area contributed by atoms with Crippen molar-refractivity contribution in [2.24, 2.45) is 5.16 Å². The number of oxime groups is 1. The number of nitrogens with zero attached hydrogens (tertiary/aromatic N) is 1. The van der Waals surface area contributed by atoms with Gasteiger partial charge in [-0.25, -0.2) is 0 Å². The fourth-order valence-electron chi connectivity index (χ4n) is 1.66. The maximum Gasteiger partial charge on any atom is 0.143 e. The second-order valence-electron chi connectivity index (χ2n) is 3.28. The second-order valence-corrected chi connectivity index (χ2v) is 4.98. The molecular weight excluding hydrogens is 290 g/mol. The van der Waals surface area contributed by atoms with E-state index >= 15 is 0 Å². The first kappa shape index (κ1) is 11.8. The minimum Gasteiger partial charge on any atom is -0.495 e. The van der Waals surface area contributed by atoms with Gasteiger partial charge in [-0.1, -0.05) is 5.16 Å². The molecule has 0 amide bonds. The molecule has 0 fully saturated rings. The average Bonchev–Trinajstić information content (AvgIpc) is 2.81. The standard InChI is InChI=1S/C11H12BrNO2S/c1-14-11-7(12)3-4-9(16-2)10(11)8-5-6-15-13-8/h3-4H,5-6H2,1-2H3. The monoisotopic (exact) mass is 301 g/mol. The normalized spacial score (nSPS) is 14.6. The van der Waals surface area contributed by atoms with Gasteiger partial charge in [-0.2, -0.15) is 0 Å². The van der Waals surface area contributed by atoms with Gasteiger partial charge in [0.15, 0.2) is 0 Å². The Bertz CT molecular complexity index is 434. The summed E-state index contributed by atoms with van der Waals surface area (Å²) in [7, 11) is 1.67. The van der Waals surface area contributed by atoms with Crippen molar-refractivity contribution in [1.29, 1.82) is 0 Å². The van der Waals surface area contributed by atoms with Crippen molar-refractivity contribution in [3.8, 4) is 5.75 Å². The first-order valence-corrected chi connectivity index (χ1v) is 6.89. The van der Waals surface area contributed by atoms with Crippen molar-refractivity contribution < 1.29 is 9.57 Å². The van der Waals surface area contributed by atoms with Crippen LogP contribution in [0.4, 0.5) is 0 Å². The summed E-state index contributed by atoms with van der Waals surface area (Å²) in [6.07, 6.45) is 2.88. The molecule has 0 saturated heterocycles. The van der Waals surface area contributed by atoms with Gasteiger partial charge in [0.2, 0.25) is 0 Å². The molecule has 3 nitrogen and oxygen atoms in total. The summed E-state index contributed by atoms with van der Waals surface area (Å²) in [6, 6.07) is 4.05. The van der Waals surface area contributed by atoms with E-state index in [-0.39, 0.29) is 0 Å². The summed E-state index contributed by atoms with van der Waals surface area (Å²) in [5, 5.41) is 4.07. The van der Waals surface area contributed by atoms with Crippen LogP contribution in [0.5, 0.6) is 5.75 Å². The number of ether oxygens (including phenoxy) is 1. The quantitative estimate of drug-likeness (QED) is 0.803. The number of hydrogen-bond donors (Lipinski definition) is 0. The molecule has 5 heteroatoms. The van der Waals surface area contributed by atoms with Gasteiger partial charge in [-0.15, -0.1) is 11.8 Å². The van der Waals surface area contributed by atoms with Crippen molar-refractivity contribution >= 4 is 33.4 Å². The molecule has 86 valence electrons. The lowest BCUT2D eigenvalue weighted by atomic mass is 10.1. The maximum absolute atomic E-state index is 5.43. The molecule has 0 N–H and O–H groups in total. The molecule has 1 aliphatic rings. The van der Waals surface area contributed by atoms with Gasteiger partial charge in [0, 0.05) is 11.3 Å². The molecule has 0 radical (unpaired) electrons. The smallest absolute Gasteiger partial charge is 0.143 e. The highest BCUT2D eigenvalue weighted by atomic mass is 79.9. The van der Waals surface area contributed by atoms with Gasteiger partial charge in [-0.05, 0) is 34.3 Å². The molecule has 0 spiro atoms. The SMILES string of the molecule is COc1c(Br)ccc(SC)c1C1=NOCC1.